The summed E-state index contributed by atoms with van der Waals surface area (Å²) < 4.78 is 73.5. The molecule has 0 bridgehead atoms. The van der Waals surface area contributed by atoms with Crippen LogP contribution in [0.2, 0.25) is 0 Å². The predicted molar refractivity (Wildman–Crippen MR) is 229 cm³/mol. The molecule has 3 aromatic heterocycles. The van der Waals surface area contributed by atoms with E-state index in [4.69, 9.17) is 22.1 Å². The van der Waals surface area contributed by atoms with Crippen LogP contribution in [0.25, 0.3) is 106 Å². The first-order chi connectivity index (χ1) is 30.7. The van der Waals surface area contributed by atoms with Crippen LogP contribution in [0.1, 0.15) is 9.60 Å². The van der Waals surface area contributed by atoms with Crippen molar-refractivity contribution in [3.05, 3.63) is 194 Å². The predicted octanol–water partition coefficient (Wildman–Crippen LogP) is 13.2. The summed E-state index contributed by atoms with van der Waals surface area (Å²) >= 11 is 0. The molecule has 5 heteroatoms. The van der Waals surface area contributed by atoms with E-state index in [2.05, 4.69) is 0 Å². The van der Waals surface area contributed by atoms with Crippen LogP contribution in [0.5, 0.6) is 0 Å². The van der Waals surface area contributed by atoms with Crippen LogP contribution in [0, 0.1) is 0 Å². The fourth-order valence-electron chi connectivity index (χ4n) is 7.47. The highest BCUT2D eigenvalue weighted by atomic mass is 16.3. The minimum Gasteiger partial charge on any atom is -0.456 e. The first-order valence-corrected chi connectivity index (χ1v) is 18.2. The normalized spacial score (nSPS) is 13.3. The average Bonchev–Trinajstić information content (AvgIpc) is 3.90. The molecule has 0 amide bonds. The molecule has 0 aliphatic rings. The zero-order valence-electron chi connectivity index (χ0n) is 36.6. The third-order valence-corrected chi connectivity index (χ3v) is 10.1. The molecule has 0 saturated carbocycles. The maximum absolute atomic E-state index is 9.93. The summed E-state index contributed by atoms with van der Waals surface area (Å²) in [6, 6.07) is 45.6. The lowest BCUT2D eigenvalue weighted by Crippen LogP contribution is -2.00. The summed E-state index contributed by atoms with van der Waals surface area (Å²) in [7, 11) is 0. The highest BCUT2D eigenvalue weighted by molar-refractivity contribution is 6.14. The van der Waals surface area contributed by atoms with E-state index in [1.807, 2.05) is 146 Å². The number of nitrogens with zero attached hydrogens (tertiary/aromatic N) is 4. The fourth-order valence-corrected chi connectivity index (χ4v) is 7.47. The second-order valence-corrected chi connectivity index (χ2v) is 13.5. The Hall–Kier alpha value is -7.63. The Balaban J connectivity index is 1.21. The van der Waals surface area contributed by atoms with Crippen molar-refractivity contribution < 1.29 is 14.0 Å². The van der Waals surface area contributed by atoms with Crippen molar-refractivity contribution in [2.24, 2.45) is 0 Å². The SMILES string of the molecule is [2H]c1c([2H])c([2H])c2c(c1[2H])c1c([2H])c(-c3nc(-c4ccccc4)nc(-c4ccc(-c5ccccc5)cc4)n3)c([2H])c([2H])c1n2-c1cc(-c2ccccc2)c2c(c1)oc1ccccc12. The van der Waals surface area contributed by atoms with Gasteiger partial charge >= 0.3 is 0 Å². The van der Waals surface area contributed by atoms with E-state index in [1.54, 1.807) is 10.6 Å². The number of rotatable bonds is 6. The summed E-state index contributed by atoms with van der Waals surface area (Å²) in [5, 5.41) is 1.85. The third kappa shape index (κ3) is 5.37. The molecule has 0 aliphatic carbocycles. The maximum atomic E-state index is 9.93. The summed E-state index contributed by atoms with van der Waals surface area (Å²) in [6.07, 6.45) is 0. The van der Waals surface area contributed by atoms with E-state index in [1.165, 1.54) is 0 Å². The zero-order valence-corrected chi connectivity index (χ0v) is 29.6. The number of hydrogen-bond donors (Lipinski definition) is 0. The van der Waals surface area contributed by atoms with Gasteiger partial charge in [0.05, 0.1) is 26.3 Å². The van der Waals surface area contributed by atoms with Gasteiger partial charge in [-0.3, -0.25) is 0 Å². The molecule has 0 atom stereocenters. The van der Waals surface area contributed by atoms with Crippen molar-refractivity contribution in [3.8, 4) is 62.1 Å². The van der Waals surface area contributed by atoms with Crippen LogP contribution in [0.15, 0.2) is 198 Å². The topological polar surface area (TPSA) is 56.7 Å². The van der Waals surface area contributed by atoms with Crippen molar-refractivity contribution in [1.29, 1.82) is 0 Å². The molecule has 3 heterocycles. The molecule has 0 aliphatic heterocycles. The van der Waals surface area contributed by atoms with Crippen molar-refractivity contribution >= 4 is 43.7 Å². The second-order valence-electron chi connectivity index (χ2n) is 13.5. The van der Waals surface area contributed by atoms with Crippen molar-refractivity contribution in [2.45, 2.75) is 0 Å². The third-order valence-electron chi connectivity index (χ3n) is 10.1. The van der Waals surface area contributed by atoms with E-state index in [-0.39, 0.29) is 63.4 Å². The highest BCUT2D eigenvalue weighted by Crippen LogP contribution is 2.41. The molecule has 0 spiro atoms. The number of para-hydroxylation sites is 2. The van der Waals surface area contributed by atoms with E-state index in [0.717, 1.165) is 33.0 Å². The molecule has 8 aromatic carbocycles. The van der Waals surface area contributed by atoms with Gasteiger partial charge in [-0.2, -0.15) is 0 Å². The van der Waals surface area contributed by atoms with E-state index < -0.39 is 12.1 Å². The Morgan fingerprint density at radius 2 is 0.982 bits per heavy atom. The first-order valence-electron chi connectivity index (χ1n) is 21.7. The number of aromatic nitrogens is 4. The smallest absolute Gasteiger partial charge is 0.164 e. The van der Waals surface area contributed by atoms with Gasteiger partial charge in [0.15, 0.2) is 17.5 Å². The molecule has 0 saturated heterocycles. The van der Waals surface area contributed by atoms with Gasteiger partial charge in [-0.15, -0.1) is 0 Å². The molecule has 0 unspecified atom stereocenters. The van der Waals surface area contributed by atoms with Gasteiger partial charge in [0, 0.05) is 44.3 Å². The molecule has 0 radical (unpaired) electrons. The number of hydrogen-bond acceptors (Lipinski definition) is 4. The summed E-state index contributed by atoms with van der Waals surface area (Å²) in [5.74, 6) is 0.569. The lowest BCUT2D eigenvalue weighted by molar-refractivity contribution is 0.668. The Labute approximate surface area is 332 Å². The Morgan fingerprint density at radius 3 is 1.71 bits per heavy atom. The lowest BCUT2D eigenvalue weighted by Gasteiger charge is -2.12. The standard InChI is InChI=1S/C51H32N4O/c1-4-14-33(15-5-1)34-24-26-37(27-25-34)50-52-49(36-18-8-3-9-19-36)53-51(54-50)38-28-29-45-43(30-38)40-20-10-12-22-44(40)55(45)39-31-42(35-16-6-2-7-17-35)48-41-21-11-13-23-46(41)56-47(48)32-39/h1-32H/i10D,12D,20D,22D,28D,29D,30D. The van der Waals surface area contributed by atoms with Gasteiger partial charge < -0.3 is 8.98 Å². The highest BCUT2D eigenvalue weighted by Gasteiger charge is 2.20. The molecular formula is C51H32N4O. The van der Waals surface area contributed by atoms with Gasteiger partial charge in [-0.1, -0.05) is 152 Å². The van der Waals surface area contributed by atoms with Gasteiger partial charge in [-0.05, 0) is 58.6 Å². The monoisotopic (exact) mass is 723 g/mol. The van der Waals surface area contributed by atoms with Crippen molar-refractivity contribution in [3.63, 3.8) is 0 Å². The van der Waals surface area contributed by atoms with E-state index in [0.29, 0.717) is 39.6 Å². The van der Waals surface area contributed by atoms with E-state index >= 15 is 0 Å². The van der Waals surface area contributed by atoms with Crippen molar-refractivity contribution in [2.75, 3.05) is 0 Å². The first kappa shape index (κ1) is 25.4. The molecule has 11 rings (SSSR count). The average molecular weight is 724 g/mol. The number of fused-ring (bicyclic) bond motifs is 6. The summed E-state index contributed by atoms with van der Waals surface area (Å²) in [4.78, 5) is 14.6. The minimum atomic E-state index is -0.487. The van der Waals surface area contributed by atoms with Crippen LogP contribution in [-0.4, -0.2) is 19.5 Å². The zero-order chi connectivity index (χ0) is 43.1. The van der Waals surface area contributed by atoms with E-state index in [9.17, 15) is 6.85 Å². The van der Waals surface area contributed by atoms with Gasteiger partial charge in [0.25, 0.3) is 0 Å². The van der Waals surface area contributed by atoms with Gasteiger partial charge in [0.1, 0.15) is 11.2 Å². The maximum Gasteiger partial charge on any atom is 0.164 e. The molecule has 56 heavy (non-hydrogen) atoms. The Bertz CT molecular complexity index is 3630. The minimum absolute atomic E-state index is 0.0202. The number of furan rings is 1. The Kier molecular flexibility index (Phi) is 5.92. The molecule has 262 valence electrons. The molecule has 11 aromatic rings. The van der Waals surface area contributed by atoms with Crippen LogP contribution < -0.4 is 0 Å². The van der Waals surface area contributed by atoms with Gasteiger partial charge in [0.2, 0.25) is 0 Å². The fraction of sp³-hybridized carbons (Fsp3) is 0. The van der Waals surface area contributed by atoms with Crippen LogP contribution >= 0.6 is 0 Å². The molecular weight excluding hydrogens is 685 g/mol. The lowest BCUT2D eigenvalue weighted by atomic mass is 9.98. The summed E-state index contributed by atoms with van der Waals surface area (Å²) in [6.45, 7) is 0. The van der Waals surface area contributed by atoms with Crippen LogP contribution in [0.4, 0.5) is 0 Å². The number of benzene rings is 8. The second kappa shape index (κ2) is 13.0. The van der Waals surface area contributed by atoms with Crippen LogP contribution in [0.3, 0.4) is 0 Å². The largest absolute Gasteiger partial charge is 0.456 e. The molecule has 0 fully saturated rings. The van der Waals surface area contributed by atoms with Gasteiger partial charge in [-0.25, -0.2) is 15.0 Å². The van der Waals surface area contributed by atoms with Crippen LogP contribution in [-0.2, 0) is 0 Å². The quantitative estimate of drug-likeness (QED) is 0.171. The molecule has 5 nitrogen and oxygen atoms in total. The Morgan fingerprint density at radius 1 is 0.429 bits per heavy atom. The van der Waals surface area contributed by atoms with Crippen molar-refractivity contribution in [1.82, 2.24) is 19.5 Å². The molecule has 0 N–H and O–H groups in total. The summed E-state index contributed by atoms with van der Waals surface area (Å²) in [5.41, 5.74) is 6.74.